The molecule has 1 N–H and O–H groups in total. The van der Waals surface area contributed by atoms with E-state index in [0.717, 1.165) is 0 Å². The van der Waals surface area contributed by atoms with Crippen LogP contribution in [-0.4, -0.2) is 24.4 Å². The highest BCUT2D eigenvalue weighted by Crippen LogP contribution is 2.27. The topological polar surface area (TPSA) is 29.5 Å². The van der Waals surface area contributed by atoms with Gasteiger partial charge in [0.05, 0.1) is 12.2 Å². The third-order valence-electron chi connectivity index (χ3n) is 2.89. The predicted octanol–water partition coefficient (Wildman–Crippen LogP) is 3.44. The van der Waals surface area contributed by atoms with E-state index in [1.807, 2.05) is 20.8 Å². The van der Waals surface area contributed by atoms with Crippen LogP contribution in [0, 0.1) is 11.2 Å². The summed E-state index contributed by atoms with van der Waals surface area (Å²) in [4.78, 5) is 0. The quantitative estimate of drug-likeness (QED) is 0.911. The number of rotatable bonds is 4. The fraction of sp³-hybridized carbons (Fsp3) is 0.571. The van der Waals surface area contributed by atoms with Crippen molar-refractivity contribution in [3.05, 3.63) is 34.6 Å². The molecule has 2 atom stereocenters. The van der Waals surface area contributed by atoms with Gasteiger partial charge in [-0.05, 0) is 29.2 Å². The molecule has 0 heterocycles. The van der Waals surface area contributed by atoms with Gasteiger partial charge in [-0.25, -0.2) is 4.39 Å². The van der Waals surface area contributed by atoms with Crippen molar-refractivity contribution in [1.29, 1.82) is 0 Å². The van der Waals surface area contributed by atoms with Gasteiger partial charge in [-0.1, -0.05) is 32.4 Å². The number of aliphatic hydroxyl groups is 1. The van der Waals surface area contributed by atoms with Crippen molar-refractivity contribution in [1.82, 2.24) is 0 Å². The van der Waals surface area contributed by atoms with Crippen LogP contribution in [0.4, 0.5) is 4.39 Å². The highest BCUT2D eigenvalue weighted by molar-refractivity contribution is 6.30. The molecule has 0 aliphatic carbocycles. The van der Waals surface area contributed by atoms with Crippen LogP contribution in [0.5, 0.6) is 0 Å². The van der Waals surface area contributed by atoms with E-state index in [0.29, 0.717) is 10.6 Å². The first kappa shape index (κ1) is 15.4. The second kappa shape index (κ2) is 6.00. The first-order chi connectivity index (χ1) is 8.25. The van der Waals surface area contributed by atoms with Gasteiger partial charge in [0.25, 0.3) is 0 Å². The summed E-state index contributed by atoms with van der Waals surface area (Å²) in [7, 11) is 1.55. The maximum absolute atomic E-state index is 13.6. The molecule has 0 aliphatic rings. The van der Waals surface area contributed by atoms with Crippen LogP contribution in [0.2, 0.25) is 5.02 Å². The Labute approximate surface area is 113 Å². The average Bonchev–Trinajstić information content (AvgIpc) is 2.22. The molecule has 2 nitrogen and oxygen atoms in total. The summed E-state index contributed by atoms with van der Waals surface area (Å²) in [5, 5.41) is 10.6. The third kappa shape index (κ3) is 3.94. The molecule has 0 amide bonds. The maximum atomic E-state index is 13.6. The maximum Gasteiger partial charge on any atom is 0.126 e. The van der Waals surface area contributed by atoms with E-state index >= 15 is 0 Å². The number of halogens is 2. The Hall–Kier alpha value is -0.640. The van der Waals surface area contributed by atoms with Gasteiger partial charge in [0.1, 0.15) is 5.82 Å². The number of hydrogen-bond acceptors (Lipinski definition) is 2. The lowest BCUT2D eigenvalue weighted by atomic mass is 9.83. The molecule has 0 spiro atoms. The largest absolute Gasteiger partial charge is 0.390 e. The van der Waals surface area contributed by atoms with Crippen molar-refractivity contribution in [2.45, 2.75) is 39.4 Å². The Morgan fingerprint density at radius 3 is 2.50 bits per heavy atom. The molecule has 1 aromatic rings. The first-order valence-corrected chi connectivity index (χ1v) is 6.28. The van der Waals surface area contributed by atoms with Crippen molar-refractivity contribution in [3.8, 4) is 0 Å². The average molecular weight is 275 g/mol. The molecule has 18 heavy (non-hydrogen) atoms. The van der Waals surface area contributed by atoms with Crippen molar-refractivity contribution in [2.75, 3.05) is 7.11 Å². The van der Waals surface area contributed by atoms with Crippen LogP contribution in [0.15, 0.2) is 18.2 Å². The van der Waals surface area contributed by atoms with Gasteiger partial charge in [0.2, 0.25) is 0 Å². The van der Waals surface area contributed by atoms with E-state index in [-0.39, 0.29) is 23.8 Å². The Morgan fingerprint density at radius 1 is 1.39 bits per heavy atom. The standard InChI is InChI=1S/C14H20ClFO2/c1-14(2,3)13(18-4)12(17)8-9-7-10(15)5-6-11(9)16/h5-7,12-13,17H,8H2,1-4H3. The fourth-order valence-corrected chi connectivity index (χ4v) is 2.31. The van der Waals surface area contributed by atoms with Gasteiger partial charge in [-0.2, -0.15) is 0 Å². The van der Waals surface area contributed by atoms with Gasteiger partial charge in [0.15, 0.2) is 0 Å². The molecule has 0 bridgehead atoms. The second-order valence-electron chi connectivity index (χ2n) is 5.53. The van der Waals surface area contributed by atoms with Gasteiger partial charge in [0, 0.05) is 18.6 Å². The van der Waals surface area contributed by atoms with E-state index < -0.39 is 6.10 Å². The van der Waals surface area contributed by atoms with Crippen LogP contribution >= 0.6 is 11.6 Å². The van der Waals surface area contributed by atoms with E-state index in [9.17, 15) is 9.50 Å². The Bertz CT molecular complexity index is 401. The van der Waals surface area contributed by atoms with Crippen molar-refractivity contribution in [3.63, 3.8) is 0 Å². The van der Waals surface area contributed by atoms with Gasteiger partial charge < -0.3 is 9.84 Å². The number of ether oxygens (including phenoxy) is 1. The molecule has 4 heteroatoms. The lowest BCUT2D eigenvalue weighted by Crippen LogP contribution is -2.40. The molecule has 1 rings (SSSR count). The molecule has 0 saturated carbocycles. The Balaban J connectivity index is 2.86. The molecule has 0 radical (unpaired) electrons. The second-order valence-corrected chi connectivity index (χ2v) is 5.97. The van der Waals surface area contributed by atoms with Crippen LogP contribution in [0.1, 0.15) is 26.3 Å². The van der Waals surface area contributed by atoms with Crippen LogP contribution in [0.3, 0.4) is 0 Å². The Kier molecular flexibility index (Phi) is 5.14. The SMILES string of the molecule is COC(C(O)Cc1cc(Cl)ccc1F)C(C)(C)C. The lowest BCUT2D eigenvalue weighted by Gasteiger charge is -2.33. The zero-order chi connectivity index (χ0) is 13.9. The zero-order valence-corrected chi connectivity index (χ0v) is 12.0. The molecule has 1 aromatic carbocycles. The molecule has 0 aromatic heterocycles. The summed E-state index contributed by atoms with van der Waals surface area (Å²) in [6.07, 6.45) is -0.957. The highest BCUT2D eigenvalue weighted by atomic mass is 35.5. The number of methoxy groups -OCH3 is 1. The summed E-state index contributed by atoms with van der Waals surface area (Å²) in [5.74, 6) is -0.359. The minimum Gasteiger partial charge on any atom is -0.390 e. The molecular weight excluding hydrogens is 255 g/mol. The third-order valence-corrected chi connectivity index (χ3v) is 3.13. The summed E-state index contributed by atoms with van der Waals surface area (Å²) in [5.41, 5.74) is 0.185. The summed E-state index contributed by atoms with van der Waals surface area (Å²) in [6.45, 7) is 5.91. The fourth-order valence-electron chi connectivity index (χ4n) is 2.12. The smallest absolute Gasteiger partial charge is 0.126 e. The monoisotopic (exact) mass is 274 g/mol. The van der Waals surface area contributed by atoms with E-state index in [1.165, 1.54) is 18.2 Å². The van der Waals surface area contributed by atoms with Gasteiger partial charge in [-0.15, -0.1) is 0 Å². The molecule has 0 saturated heterocycles. The number of benzene rings is 1. The molecule has 2 unspecified atom stereocenters. The lowest BCUT2D eigenvalue weighted by molar-refractivity contribution is -0.0701. The van der Waals surface area contributed by atoms with Crippen molar-refractivity contribution < 1.29 is 14.2 Å². The minimum atomic E-state index is -0.775. The van der Waals surface area contributed by atoms with Gasteiger partial charge in [-0.3, -0.25) is 0 Å². The molecule has 0 aliphatic heterocycles. The number of aliphatic hydroxyl groups excluding tert-OH is 1. The van der Waals surface area contributed by atoms with Crippen molar-refractivity contribution in [2.24, 2.45) is 5.41 Å². The summed E-state index contributed by atoms with van der Waals surface area (Å²) in [6, 6.07) is 4.34. The highest BCUT2D eigenvalue weighted by Gasteiger charge is 2.31. The van der Waals surface area contributed by atoms with E-state index in [2.05, 4.69) is 0 Å². The van der Waals surface area contributed by atoms with Crippen LogP contribution < -0.4 is 0 Å². The van der Waals surface area contributed by atoms with Gasteiger partial charge >= 0.3 is 0 Å². The predicted molar refractivity (Wildman–Crippen MR) is 71.4 cm³/mol. The minimum absolute atomic E-state index is 0.183. The number of hydrogen-bond donors (Lipinski definition) is 1. The van der Waals surface area contributed by atoms with E-state index in [4.69, 9.17) is 16.3 Å². The molecule has 0 fully saturated rings. The van der Waals surface area contributed by atoms with Crippen molar-refractivity contribution >= 4 is 11.6 Å². The zero-order valence-electron chi connectivity index (χ0n) is 11.2. The van der Waals surface area contributed by atoms with Crippen LogP contribution in [0.25, 0.3) is 0 Å². The normalized spacial score (nSPS) is 15.5. The van der Waals surface area contributed by atoms with E-state index in [1.54, 1.807) is 7.11 Å². The molecule has 102 valence electrons. The Morgan fingerprint density at radius 2 is 2.00 bits per heavy atom. The molecular formula is C14H20ClFO2. The summed E-state index contributed by atoms with van der Waals surface area (Å²) >= 11 is 5.82. The first-order valence-electron chi connectivity index (χ1n) is 5.90. The summed E-state index contributed by atoms with van der Waals surface area (Å²) < 4.78 is 18.9. The van der Waals surface area contributed by atoms with Crippen LogP contribution in [-0.2, 0) is 11.2 Å².